The van der Waals surface area contributed by atoms with Crippen LogP contribution in [0.4, 0.5) is 0 Å². The fourth-order valence-corrected chi connectivity index (χ4v) is 4.38. The molecule has 1 N–H and O–H groups in total. The Morgan fingerprint density at radius 2 is 2.21 bits per heavy atom. The summed E-state index contributed by atoms with van der Waals surface area (Å²) < 4.78 is 5.23. The van der Waals surface area contributed by atoms with Gasteiger partial charge in [0.2, 0.25) is 5.69 Å². The van der Waals surface area contributed by atoms with Gasteiger partial charge in [-0.05, 0) is 24.1 Å². The van der Waals surface area contributed by atoms with E-state index in [2.05, 4.69) is 0 Å². The molecule has 3 nitrogen and oxygen atoms in total. The first-order valence-electron chi connectivity index (χ1n) is 4.48. The average molecular weight is 253 g/mol. The highest BCUT2D eigenvalue weighted by Crippen LogP contribution is 2.57. The number of rotatable bonds is 6. The van der Waals surface area contributed by atoms with Crippen LogP contribution in [0.5, 0.6) is 0 Å². The van der Waals surface area contributed by atoms with E-state index in [1.54, 1.807) is 0 Å². The molecule has 2 atom stereocenters. The average Bonchev–Trinajstić information content (AvgIpc) is 2.10. The maximum atomic E-state index is 9.71. The molecule has 0 rings (SSSR count). The van der Waals surface area contributed by atoms with Crippen LogP contribution < -0.4 is 0 Å². The van der Waals surface area contributed by atoms with E-state index in [1.807, 2.05) is 26.8 Å². The van der Waals surface area contributed by atoms with Crippen LogP contribution in [0.1, 0.15) is 27.2 Å². The van der Waals surface area contributed by atoms with Gasteiger partial charge in [-0.1, -0.05) is 32.2 Å². The zero-order chi connectivity index (χ0) is 11.2. The van der Waals surface area contributed by atoms with E-state index < -0.39 is 11.8 Å². The van der Waals surface area contributed by atoms with Crippen LogP contribution in [0.2, 0.25) is 0 Å². The number of nitriles is 1. The van der Waals surface area contributed by atoms with Gasteiger partial charge in [-0.25, -0.2) is 0 Å². The summed E-state index contributed by atoms with van der Waals surface area (Å²) in [6, 6.07) is 2.00. The standard InChI is InChI=1S/C8H16NO2PS2/c1-4-5-14-12(10,13)11-8(6-9)7(2)3/h7-8H,4-5H2,1-3H3,(H,10,13). The van der Waals surface area contributed by atoms with Crippen molar-refractivity contribution in [1.82, 2.24) is 0 Å². The Morgan fingerprint density at radius 3 is 2.57 bits per heavy atom. The summed E-state index contributed by atoms with van der Waals surface area (Å²) in [4.78, 5) is 9.71. The van der Waals surface area contributed by atoms with Gasteiger partial charge >= 0.3 is 0 Å². The molecule has 0 saturated heterocycles. The summed E-state index contributed by atoms with van der Waals surface area (Å²) in [6.07, 6.45) is 0.335. The molecule has 0 radical (unpaired) electrons. The van der Waals surface area contributed by atoms with Gasteiger partial charge in [0.25, 0.3) is 0 Å². The van der Waals surface area contributed by atoms with Crippen LogP contribution in [0.15, 0.2) is 0 Å². The molecule has 2 unspecified atom stereocenters. The van der Waals surface area contributed by atoms with E-state index >= 15 is 0 Å². The fourth-order valence-electron chi connectivity index (χ4n) is 0.675. The summed E-state index contributed by atoms with van der Waals surface area (Å²) >= 11 is 6.17. The predicted octanol–water partition coefficient (Wildman–Crippen LogP) is 2.91. The Morgan fingerprint density at radius 1 is 1.64 bits per heavy atom. The lowest BCUT2D eigenvalue weighted by Gasteiger charge is -2.20. The molecule has 0 amide bonds. The molecule has 0 aliphatic carbocycles. The molecule has 0 aromatic heterocycles. The molecule has 0 saturated carbocycles. The van der Waals surface area contributed by atoms with Crippen molar-refractivity contribution in [2.45, 2.75) is 33.3 Å². The molecular formula is C8H16NO2PS2. The third-order valence-corrected chi connectivity index (χ3v) is 5.84. The highest BCUT2D eigenvalue weighted by atomic mass is 32.9. The molecule has 0 heterocycles. The van der Waals surface area contributed by atoms with Crippen molar-refractivity contribution in [2.24, 2.45) is 5.92 Å². The molecule has 0 aromatic carbocycles. The lowest BCUT2D eigenvalue weighted by Crippen LogP contribution is -2.15. The predicted molar refractivity (Wildman–Crippen MR) is 64.6 cm³/mol. The second-order valence-corrected chi connectivity index (χ2v) is 9.45. The molecule has 6 heteroatoms. The molecule has 82 valence electrons. The van der Waals surface area contributed by atoms with Gasteiger partial charge in [-0.15, -0.1) is 0 Å². The lowest BCUT2D eigenvalue weighted by atomic mass is 10.1. The van der Waals surface area contributed by atoms with Crippen molar-refractivity contribution in [3.63, 3.8) is 0 Å². The first-order chi connectivity index (χ1) is 6.43. The lowest BCUT2D eigenvalue weighted by molar-refractivity contribution is 0.210. The fraction of sp³-hybridized carbons (Fsp3) is 0.875. The van der Waals surface area contributed by atoms with Gasteiger partial charge in [0, 0.05) is 5.75 Å². The maximum Gasteiger partial charge on any atom is 0.246 e. The van der Waals surface area contributed by atoms with Crippen LogP contribution in [-0.4, -0.2) is 16.8 Å². The van der Waals surface area contributed by atoms with Crippen molar-refractivity contribution in [2.75, 3.05) is 5.75 Å². The van der Waals surface area contributed by atoms with Crippen molar-refractivity contribution < 1.29 is 9.42 Å². The first-order valence-corrected chi connectivity index (χ1v) is 8.74. The van der Waals surface area contributed by atoms with Gasteiger partial charge in [-0.3, -0.25) is 0 Å². The minimum absolute atomic E-state index is 0.0525. The monoisotopic (exact) mass is 253 g/mol. The Labute approximate surface area is 94.8 Å². The third-order valence-electron chi connectivity index (χ3n) is 1.44. The molecule has 0 aliphatic heterocycles. The van der Waals surface area contributed by atoms with Crippen molar-refractivity contribution >= 4 is 28.9 Å². The van der Waals surface area contributed by atoms with Crippen LogP contribution in [0, 0.1) is 17.2 Å². The molecule has 0 bridgehead atoms. The summed E-state index contributed by atoms with van der Waals surface area (Å²) in [5, 5.41) is 8.76. The van der Waals surface area contributed by atoms with E-state index in [4.69, 9.17) is 21.6 Å². The van der Waals surface area contributed by atoms with E-state index in [0.29, 0.717) is 0 Å². The number of hydrogen-bond donors (Lipinski definition) is 1. The Balaban J connectivity index is 4.20. The van der Waals surface area contributed by atoms with E-state index in [0.717, 1.165) is 12.2 Å². The molecule has 0 spiro atoms. The zero-order valence-electron chi connectivity index (χ0n) is 8.64. The van der Waals surface area contributed by atoms with E-state index in [1.165, 1.54) is 11.4 Å². The van der Waals surface area contributed by atoms with Crippen LogP contribution in [-0.2, 0) is 16.3 Å². The van der Waals surface area contributed by atoms with Crippen LogP contribution >= 0.6 is 17.1 Å². The highest BCUT2D eigenvalue weighted by Gasteiger charge is 2.23. The van der Waals surface area contributed by atoms with Crippen molar-refractivity contribution in [3.05, 3.63) is 0 Å². The first kappa shape index (κ1) is 14.4. The summed E-state index contributed by atoms with van der Waals surface area (Å²) in [5.74, 6) is 0.820. The summed E-state index contributed by atoms with van der Waals surface area (Å²) in [7, 11) is 0. The van der Waals surface area contributed by atoms with Gasteiger partial charge in [0.05, 0.1) is 6.07 Å². The molecule has 14 heavy (non-hydrogen) atoms. The Hall–Kier alpha value is 0.410. The van der Waals surface area contributed by atoms with E-state index in [9.17, 15) is 4.89 Å². The van der Waals surface area contributed by atoms with Crippen LogP contribution in [0.3, 0.4) is 0 Å². The summed E-state index contributed by atoms with van der Waals surface area (Å²) in [5.41, 5.74) is -2.81. The molecule has 0 aliphatic rings. The second-order valence-electron chi connectivity index (χ2n) is 3.20. The highest BCUT2D eigenvalue weighted by molar-refractivity contribution is 8.67. The van der Waals surface area contributed by atoms with Gasteiger partial charge in [0.15, 0.2) is 6.10 Å². The minimum Gasteiger partial charge on any atom is -0.337 e. The van der Waals surface area contributed by atoms with Crippen molar-refractivity contribution in [1.29, 1.82) is 5.26 Å². The second kappa shape index (κ2) is 6.81. The largest absolute Gasteiger partial charge is 0.337 e. The number of hydrogen-bond acceptors (Lipinski definition) is 4. The minimum atomic E-state index is -2.81. The topological polar surface area (TPSA) is 53.2 Å². The van der Waals surface area contributed by atoms with Gasteiger partial charge in [-0.2, -0.15) is 5.26 Å². The van der Waals surface area contributed by atoms with Gasteiger partial charge in [0.1, 0.15) is 0 Å². The normalized spacial score (nSPS) is 17.4. The zero-order valence-corrected chi connectivity index (χ0v) is 11.2. The Kier molecular flexibility index (Phi) is 7.01. The molecule has 0 aromatic rings. The van der Waals surface area contributed by atoms with Gasteiger partial charge < -0.3 is 9.42 Å². The number of nitrogens with zero attached hydrogens (tertiary/aromatic N) is 1. The van der Waals surface area contributed by atoms with E-state index in [-0.39, 0.29) is 5.92 Å². The summed E-state index contributed by atoms with van der Waals surface area (Å²) in [6.45, 7) is 5.74. The third kappa shape index (κ3) is 6.00. The van der Waals surface area contributed by atoms with Crippen molar-refractivity contribution in [3.8, 4) is 6.07 Å². The maximum absolute atomic E-state index is 9.71. The van der Waals surface area contributed by atoms with Crippen LogP contribution in [0.25, 0.3) is 0 Å². The molecular weight excluding hydrogens is 237 g/mol. The smallest absolute Gasteiger partial charge is 0.246 e. The quantitative estimate of drug-likeness (QED) is 0.738. The SMILES string of the molecule is CCCSP(O)(=S)OC(C#N)C(C)C. The molecule has 0 fully saturated rings. The Bertz CT molecular complexity index is 252.